The van der Waals surface area contributed by atoms with Crippen molar-refractivity contribution in [2.75, 3.05) is 7.11 Å². The molecule has 0 amide bonds. The second-order valence-corrected chi connectivity index (χ2v) is 5.04. The molecule has 2 heterocycles. The van der Waals surface area contributed by atoms with Gasteiger partial charge in [0.25, 0.3) is 0 Å². The molecule has 3 nitrogen and oxygen atoms in total. The highest BCUT2D eigenvalue weighted by molar-refractivity contribution is 6.38. The fourth-order valence-electron chi connectivity index (χ4n) is 2.72. The highest BCUT2D eigenvalue weighted by atomic mass is 35.5. The van der Waals surface area contributed by atoms with E-state index in [2.05, 4.69) is 9.97 Å². The number of H-pyrrole nitrogens is 1. The number of benzene rings is 2. The Labute approximate surface area is 120 Å². The van der Waals surface area contributed by atoms with E-state index >= 15 is 0 Å². The number of hydrogen-bond donors (Lipinski definition) is 1. The first-order valence-corrected chi connectivity index (χ1v) is 6.70. The Morgan fingerprint density at radius 1 is 1.05 bits per heavy atom. The predicted octanol–water partition coefficient (Wildman–Crippen LogP) is 4.53. The number of pyridine rings is 1. The minimum absolute atomic E-state index is 0.495. The lowest BCUT2D eigenvalue weighted by atomic mass is 10.1. The first-order valence-electron chi connectivity index (χ1n) is 6.32. The number of ether oxygens (including phenoxy) is 1. The van der Waals surface area contributed by atoms with Crippen molar-refractivity contribution in [3.8, 4) is 5.75 Å². The number of methoxy groups -OCH3 is 1. The van der Waals surface area contributed by atoms with Gasteiger partial charge in [-0.05, 0) is 12.1 Å². The smallest absolute Gasteiger partial charge is 0.145 e. The molecule has 1 N–H and O–H groups in total. The van der Waals surface area contributed by atoms with Crippen molar-refractivity contribution in [2.45, 2.75) is 0 Å². The van der Waals surface area contributed by atoms with Crippen LogP contribution < -0.4 is 4.74 Å². The Balaban J connectivity index is 2.31. The number of nitrogens with zero attached hydrogens (tertiary/aromatic N) is 1. The molecule has 2 aromatic carbocycles. The molecular weight excluding hydrogens is 272 g/mol. The molecule has 4 heteroatoms. The van der Waals surface area contributed by atoms with Gasteiger partial charge in [0.2, 0.25) is 0 Å². The SMILES string of the molecule is COc1cccc2c1nc(Cl)c1c3ccccc3[nH]c21. The first-order chi connectivity index (χ1) is 9.79. The van der Waals surface area contributed by atoms with Gasteiger partial charge in [0, 0.05) is 21.7 Å². The molecule has 0 spiro atoms. The highest BCUT2D eigenvalue weighted by Crippen LogP contribution is 2.37. The molecule has 0 aliphatic heterocycles. The second-order valence-electron chi connectivity index (χ2n) is 4.68. The van der Waals surface area contributed by atoms with Gasteiger partial charge in [-0.3, -0.25) is 0 Å². The lowest BCUT2D eigenvalue weighted by Gasteiger charge is -2.06. The summed E-state index contributed by atoms with van der Waals surface area (Å²) in [7, 11) is 1.64. The Bertz CT molecular complexity index is 959. The lowest BCUT2D eigenvalue weighted by molar-refractivity contribution is 0.419. The molecule has 0 unspecified atom stereocenters. The van der Waals surface area contributed by atoms with Crippen LogP contribution in [0.2, 0.25) is 5.15 Å². The average Bonchev–Trinajstić information content (AvgIpc) is 2.87. The van der Waals surface area contributed by atoms with Crippen molar-refractivity contribution in [1.82, 2.24) is 9.97 Å². The van der Waals surface area contributed by atoms with Crippen LogP contribution in [-0.2, 0) is 0 Å². The molecule has 0 atom stereocenters. The summed E-state index contributed by atoms with van der Waals surface area (Å²) < 4.78 is 5.37. The van der Waals surface area contributed by atoms with E-state index in [0.29, 0.717) is 5.15 Å². The van der Waals surface area contributed by atoms with Crippen LogP contribution in [0.5, 0.6) is 5.75 Å². The third kappa shape index (κ3) is 1.44. The third-order valence-corrected chi connectivity index (χ3v) is 3.88. The van der Waals surface area contributed by atoms with Crippen molar-refractivity contribution in [3.05, 3.63) is 47.6 Å². The zero-order chi connectivity index (χ0) is 13.7. The van der Waals surface area contributed by atoms with E-state index in [-0.39, 0.29) is 0 Å². The van der Waals surface area contributed by atoms with Crippen LogP contribution in [0.4, 0.5) is 0 Å². The fourth-order valence-corrected chi connectivity index (χ4v) is 3.00. The van der Waals surface area contributed by atoms with Crippen LogP contribution in [0.25, 0.3) is 32.7 Å². The Morgan fingerprint density at radius 2 is 1.85 bits per heavy atom. The van der Waals surface area contributed by atoms with E-state index in [4.69, 9.17) is 16.3 Å². The first kappa shape index (κ1) is 11.6. The van der Waals surface area contributed by atoms with Crippen LogP contribution in [0.15, 0.2) is 42.5 Å². The maximum absolute atomic E-state index is 6.40. The molecule has 4 rings (SSSR count). The van der Waals surface area contributed by atoms with Gasteiger partial charge in [0.05, 0.1) is 12.6 Å². The van der Waals surface area contributed by atoms with Crippen molar-refractivity contribution >= 4 is 44.3 Å². The summed E-state index contributed by atoms with van der Waals surface area (Å²) in [6.07, 6.45) is 0. The standard InChI is InChI=1S/C16H11ClN2O/c1-20-12-8-4-6-10-14(12)19-16(17)13-9-5-2-3-7-11(9)18-15(10)13/h2-8,18H,1H3. The Hall–Kier alpha value is -2.26. The maximum atomic E-state index is 6.40. The summed E-state index contributed by atoms with van der Waals surface area (Å²) in [6, 6.07) is 14.0. The highest BCUT2D eigenvalue weighted by Gasteiger charge is 2.14. The zero-order valence-electron chi connectivity index (χ0n) is 10.8. The molecule has 0 aliphatic carbocycles. The van der Waals surface area contributed by atoms with Gasteiger partial charge in [-0.25, -0.2) is 4.98 Å². The van der Waals surface area contributed by atoms with Crippen LogP contribution >= 0.6 is 11.6 Å². The molecule has 0 radical (unpaired) electrons. The van der Waals surface area contributed by atoms with Crippen molar-refractivity contribution in [3.63, 3.8) is 0 Å². The quantitative estimate of drug-likeness (QED) is 0.521. The third-order valence-electron chi connectivity index (χ3n) is 3.61. The Morgan fingerprint density at radius 3 is 2.70 bits per heavy atom. The molecular formula is C16H11ClN2O. The number of aromatic nitrogens is 2. The van der Waals surface area contributed by atoms with Crippen molar-refractivity contribution in [1.29, 1.82) is 0 Å². The zero-order valence-corrected chi connectivity index (χ0v) is 11.5. The normalized spacial score (nSPS) is 11.5. The van der Waals surface area contributed by atoms with Gasteiger partial charge in [0.15, 0.2) is 0 Å². The largest absolute Gasteiger partial charge is 0.494 e. The second kappa shape index (κ2) is 4.12. The number of aromatic amines is 1. The maximum Gasteiger partial charge on any atom is 0.145 e. The minimum Gasteiger partial charge on any atom is -0.494 e. The summed E-state index contributed by atoms with van der Waals surface area (Å²) >= 11 is 6.40. The van der Waals surface area contributed by atoms with Crippen LogP contribution in [-0.4, -0.2) is 17.1 Å². The van der Waals surface area contributed by atoms with Gasteiger partial charge < -0.3 is 9.72 Å². The number of halogens is 1. The summed E-state index contributed by atoms with van der Waals surface area (Å²) in [5, 5.41) is 3.56. The molecule has 0 aliphatic rings. The molecule has 4 aromatic rings. The monoisotopic (exact) mass is 282 g/mol. The van der Waals surface area contributed by atoms with Gasteiger partial charge in [-0.1, -0.05) is 41.9 Å². The molecule has 0 saturated carbocycles. The van der Waals surface area contributed by atoms with Crippen molar-refractivity contribution in [2.24, 2.45) is 0 Å². The van der Waals surface area contributed by atoms with Gasteiger partial charge in [-0.2, -0.15) is 0 Å². The topological polar surface area (TPSA) is 37.9 Å². The molecule has 0 fully saturated rings. The van der Waals surface area contributed by atoms with Crippen molar-refractivity contribution < 1.29 is 4.74 Å². The summed E-state index contributed by atoms with van der Waals surface area (Å²) in [5.74, 6) is 0.727. The molecule has 0 bridgehead atoms. The molecule has 2 aromatic heterocycles. The van der Waals surface area contributed by atoms with E-state index in [1.165, 1.54) is 0 Å². The average molecular weight is 283 g/mol. The van der Waals surface area contributed by atoms with Gasteiger partial charge in [-0.15, -0.1) is 0 Å². The number of rotatable bonds is 1. The molecule has 20 heavy (non-hydrogen) atoms. The van der Waals surface area contributed by atoms with E-state index in [1.807, 2.05) is 42.5 Å². The lowest BCUT2D eigenvalue weighted by Crippen LogP contribution is -1.89. The predicted molar refractivity (Wildman–Crippen MR) is 82.7 cm³/mol. The fraction of sp³-hybridized carbons (Fsp3) is 0.0625. The number of hydrogen-bond acceptors (Lipinski definition) is 2. The Kier molecular flexibility index (Phi) is 2.38. The van der Waals surface area contributed by atoms with Crippen LogP contribution in [0.1, 0.15) is 0 Å². The molecule has 0 saturated heterocycles. The van der Waals surface area contributed by atoms with Crippen LogP contribution in [0.3, 0.4) is 0 Å². The summed E-state index contributed by atoms with van der Waals surface area (Å²) in [4.78, 5) is 7.95. The number of nitrogens with one attached hydrogen (secondary N) is 1. The number of para-hydroxylation sites is 2. The van der Waals surface area contributed by atoms with E-state index < -0.39 is 0 Å². The number of fused-ring (bicyclic) bond motifs is 5. The van der Waals surface area contributed by atoms with Crippen LogP contribution in [0, 0.1) is 0 Å². The summed E-state index contributed by atoms with van der Waals surface area (Å²) in [6.45, 7) is 0. The minimum atomic E-state index is 0.495. The van der Waals surface area contributed by atoms with E-state index in [9.17, 15) is 0 Å². The van der Waals surface area contributed by atoms with E-state index in [1.54, 1.807) is 7.11 Å². The van der Waals surface area contributed by atoms with E-state index in [0.717, 1.165) is 38.5 Å². The summed E-state index contributed by atoms with van der Waals surface area (Å²) in [5.41, 5.74) is 2.83. The molecule has 98 valence electrons. The van der Waals surface area contributed by atoms with Gasteiger partial charge in [0.1, 0.15) is 16.4 Å². The van der Waals surface area contributed by atoms with Gasteiger partial charge >= 0.3 is 0 Å².